The van der Waals surface area contributed by atoms with Crippen LogP contribution in [0.2, 0.25) is 0 Å². The molecule has 2 aliphatic heterocycles. The first-order chi connectivity index (χ1) is 20.7. The van der Waals surface area contributed by atoms with E-state index in [1.165, 1.54) is 46.9 Å². The maximum Gasteiger partial charge on any atom is 0.282 e. The summed E-state index contributed by atoms with van der Waals surface area (Å²) in [5, 5.41) is 4.53. The zero-order valence-corrected chi connectivity index (χ0v) is 24.5. The molecular formula is C32H27FN4O4S2. The lowest BCUT2D eigenvalue weighted by Gasteiger charge is -2.35. The maximum atomic E-state index is 14.3. The molecule has 7 rings (SSSR count). The minimum atomic E-state index is -4.12. The van der Waals surface area contributed by atoms with Crippen molar-refractivity contribution in [2.24, 2.45) is 0 Å². The molecule has 2 aliphatic rings. The van der Waals surface area contributed by atoms with Gasteiger partial charge in [0.1, 0.15) is 12.0 Å². The molecule has 1 saturated heterocycles. The van der Waals surface area contributed by atoms with E-state index < -0.39 is 32.0 Å². The van der Waals surface area contributed by atoms with Gasteiger partial charge in [-0.15, -0.1) is 0 Å². The quantitative estimate of drug-likeness (QED) is 0.260. The zero-order chi connectivity index (χ0) is 29.8. The summed E-state index contributed by atoms with van der Waals surface area (Å²) >= 11 is 0. The van der Waals surface area contributed by atoms with Crippen LogP contribution in [-0.4, -0.2) is 48.3 Å². The maximum absolute atomic E-state index is 14.3. The monoisotopic (exact) mass is 614 g/mol. The van der Waals surface area contributed by atoms with Crippen molar-refractivity contribution in [1.82, 2.24) is 18.4 Å². The van der Waals surface area contributed by atoms with Crippen LogP contribution in [0, 0.1) is 5.82 Å². The van der Waals surface area contributed by atoms with Crippen LogP contribution in [0.3, 0.4) is 0 Å². The van der Waals surface area contributed by atoms with Gasteiger partial charge in [-0.25, -0.2) is 12.8 Å². The molecule has 0 spiro atoms. The summed E-state index contributed by atoms with van der Waals surface area (Å²) in [5.41, 5.74) is 3.32. The van der Waals surface area contributed by atoms with Crippen molar-refractivity contribution in [3.8, 4) is 11.3 Å². The lowest BCUT2D eigenvalue weighted by atomic mass is 9.93. The fourth-order valence-corrected chi connectivity index (χ4v) is 8.87. The normalized spacial score (nSPS) is 19.2. The lowest BCUT2D eigenvalue weighted by Crippen LogP contribution is -2.37. The highest BCUT2D eigenvalue weighted by molar-refractivity contribution is 7.90. The van der Waals surface area contributed by atoms with E-state index in [1.54, 1.807) is 48.5 Å². The van der Waals surface area contributed by atoms with Crippen LogP contribution < -0.4 is 0 Å². The van der Waals surface area contributed by atoms with Crippen LogP contribution in [0.25, 0.3) is 11.3 Å². The van der Waals surface area contributed by atoms with Crippen LogP contribution in [-0.2, 0) is 26.5 Å². The van der Waals surface area contributed by atoms with E-state index in [2.05, 4.69) is 16.1 Å². The Morgan fingerprint density at radius 3 is 1.98 bits per heavy atom. The molecule has 0 aliphatic carbocycles. The van der Waals surface area contributed by atoms with Gasteiger partial charge < -0.3 is 0 Å². The van der Waals surface area contributed by atoms with Crippen molar-refractivity contribution in [3.05, 3.63) is 138 Å². The summed E-state index contributed by atoms with van der Waals surface area (Å²) in [4.78, 5) is 2.28. The number of halogens is 1. The summed E-state index contributed by atoms with van der Waals surface area (Å²) in [7, 11) is -8.16. The third-order valence-electron chi connectivity index (χ3n) is 8.15. The molecule has 8 nitrogen and oxygen atoms in total. The summed E-state index contributed by atoms with van der Waals surface area (Å²) in [6, 6.07) is 29.5. The molecule has 0 radical (unpaired) electrons. The van der Waals surface area contributed by atoms with Gasteiger partial charge in [0.05, 0.1) is 21.5 Å². The van der Waals surface area contributed by atoms with E-state index in [4.69, 9.17) is 0 Å². The highest BCUT2D eigenvalue weighted by atomic mass is 32.2. The Bertz CT molecular complexity index is 2020. The summed E-state index contributed by atoms with van der Waals surface area (Å²) < 4.78 is 72.4. The summed E-state index contributed by atoms with van der Waals surface area (Å²) in [6.45, 7) is 0.713. The number of sulfonamides is 1. The highest BCUT2D eigenvalue weighted by Crippen LogP contribution is 2.48. The number of rotatable bonds is 6. The Hall–Kier alpha value is -4.16. The van der Waals surface area contributed by atoms with E-state index in [-0.39, 0.29) is 28.1 Å². The van der Waals surface area contributed by atoms with Crippen molar-refractivity contribution in [1.29, 1.82) is 0 Å². The van der Waals surface area contributed by atoms with Crippen molar-refractivity contribution in [2.75, 3.05) is 13.1 Å². The molecule has 5 aromatic rings. The van der Waals surface area contributed by atoms with Gasteiger partial charge in [-0.05, 0) is 66.1 Å². The predicted molar refractivity (Wildman–Crippen MR) is 159 cm³/mol. The van der Waals surface area contributed by atoms with Crippen LogP contribution in [0.1, 0.15) is 28.9 Å². The van der Waals surface area contributed by atoms with Crippen LogP contribution in [0.15, 0.2) is 125 Å². The van der Waals surface area contributed by atoms with E-state index in [1.807, 2.05) is 18.2 Å². The second-order valence-corrected chi connectivity index (χ2v) is 14.3. The van der Waals surface area contributed by atoms with Crippen molar-refractivity contribution < 1.29 is 21.2 Å². The smallest absolute Gasteiger partial charge is 0.274 e. The van der Waals surface area contributed by atoms with E-state index >= 15 is 0 Å². The Kier molecular flexibility index (Phi) is 6.77. The Labute approximate surface area is 249 Å². The predicted octanol–water partition coefficient (Wildman–Crippen LogP) is 5.23. The topological polar surface area (TPSA) is 92.6 Å². The van der Waals surface area contributed by atoms with Crippen LogP contribution >= 0.6 is 0 Å². The fraction of sp³-hybridized carbons (Fsp3) is 0.156. The molecule has 43 heavy (non-hydrogen) atoms. The zero-order valence-electron chi connectivity index (χ0n) is 22.9. The minimum Gasteiger partial charge on any atom is -0.274 e. The molecule has 1 aromatic heterocycles. The van der Waals surface area contributed by atoms with E-state index in [0.717, 1.165) is 15.2 Å². The third kappa shape index (κ3) is 4.69. The summed E-state index contributed by atoms with van der Waals surface area (Å²) in [6.07, 6.45) is 1.23. The standard InChI is InChI=1S/C32H27FN4O4S2/c33-25-17-15-24(16-18-25)31-29(21-37(34-31)43(40,41)27-12-5-2-6-13-27)32-35-20-19-23-9-7-8-14-28(23)30(35)22-36(32)42(38,39)26-10-3-1-4-11-26/h1-18,21,30,32H,19-20,22H2/t30-,32-/m0/s1. The average Bonchev–Trinajstić information content (AvgIpc) is 3.66. The van der Waals surface area contributed by atoms with Gasteiger partial charge in [-0.1, -0.05) is 60.7 Å². The molecule has 0 amide bonds. The Morgan fingerprint density at radius 2 is 1.30 bits per heavy atom. The number of fused-ring (bicyclic) bond motifs is 3. The molecule has 4 aromatic carbocycles. The number of aromatic nitrogens is 2. The van der Waals surface area contributed by atoms with Gasteiger partial charge in [-0.3, -0.25) is 4.90 Å². The highest BCUT2D eigenvalue weighted by Gasteiger charge is 2.50. The molecule has 11 heteroatoms. The van der Waals surface area contributed by atoms with Gasteiger partial charge >= 0.3 is 0 Å². The van der Waals surface area contributed by atoms with E-state index in [0.29, 0.717) is 24.1 Å². The van der Waals surface area contributed by atoms with Gasteiger partial charge in [0.2, 0.25) is 10.0 Å². The number of nitrogens with zero attached hydrogens (tertiary/aromatic N) is 4. The number of benzene rings is 4. The second kappa shape index (κ2) is 10.5. The molecule has 2 atom stereocenters. The van der Waals surface area contributed by atoms with Gasteiger partial charge in [-0.2, -0.15) is 21.9 Å². The van der Waals surface area contributed by atoms with Crippen LogP contribution in [0.5, 0.6) is 0 Å². The first-order valence-electron chi connectivity index (χ1n) is 13.8. The van der Waals surface area contributed by atoms with Crippen molar-refractivity contribution >= 4 is 20.0 Å². The van der Waals surface area contributed by atoms with E-state index in [9.17, 15) is 21.2 Å². The largest absolute Gasteiger partial charge is 0.282 e. The first-order valence-corrected chi connectivity index (χ1v) is 16.7. The summed E-state index contributed by atoms with van der Waals surface area (Å²) in [5.74, 6) is -0.455. The Balaban J connectivity index is 1.45. The average molecular weight is 615 g/mol. The molecule has 0 unspecified atom stereocenters. The molecule has 218 valence electrons. The fourth-order valence-electron chi connectivity index (χ4n) is 6.10. The molecule has 3 heterocycles. The third-order valence-corrected chi connectivity index (χ3v) is 11.5. The molecule has 1 fully saturated rings. The lowest BCUT2D eigenvalue weighted by molar-refractivity contribution is 0.155. The Morgan fingerprint density at radius 1 is 0.698 bits per heavy atom. The molecular weight excluding hydrogens is 588 g/mol. The number of hydrogen-bond donors (Lipinski definition) is 0. The minimum absolute atomic E-state index is 0.0414. The van der Waals surface area contributed by atoms with Gasteiger partial charge in [0.15, 0.2) is 0 Å². The van der Waals surface area contributed by atoms with Crippen molar-refractivity contribution in [2.45, 2.75) is 28.4 Å². The van der Waals surface area contributed by atoms with Gasteiger partial charge in [0.25, 0.3) is 10.0 Å². The second-order valence-electron chi connectivity index (χ2n) is 10.6. The van der Waals surface area contributed by atoms with Crippen molar-refractivity contribution in [3.63, 3.8) is 0 Å². The van der Waals surface area contributed by atoms with Crippen LogP contribution in [0.4, 0.5) is 4.39 Å². The molecule has 0 N–H and O–H groups in total. The number of hydrogen-bond acceptors (Lipinski definition) is 6. The SMILES string of the molecule is O=S(=O)(c1ccccc1)N1C[C@H]2c3ccccc3CCN2[C@@H]1c1cn(S(=O)(=O)c2ccccc2)nc1-c1ccc(F)cc1. The van der Waals surface area contributed by atoms with Gasteiger partial charge in [0, 0.05) is 30.4 Å². The molecule has 0 saturated carbocycles. The first kappa shape index (κ1) is 27.7. The molecule has 0 bridgehead atoms.